The van der Waals surface area contributed by atoms with Crippen LogP contribution in [-0.4, -0.2) is 31.7 Å². The Labute approximate surface area is 297 Å². The average molecular weight is 656 g/mol. The van der Waals surface area contributed by atoms with Gasteiger partial charge in [-0.3, -0.25) is 9.98 Å². The third kappa shape index (κ3) is 5.69. The first-order valence-corrected chi connectivity index (χ1v) is 17.2. The van der Waals surface area contributed by atoms with E-state index in [4.69, 9.17) is 19.9 Å². The van der Waals surface area contributed by atoms with E-state index in [9.17, 15) is 0 Å². The van der Waals surface area contributed by atoms with E-state index in [1.807, 2.05) is 30.6 Å². The van der Waals surface area contributed by atoms with Gasteiger partial charge in [-0.2, -0.15) is 0 Å². The Hall–Kier alpha value is -6.59. The number of allylic oxidation sites excluding steroid dienone is 3. The van der Waals surface area contributed by atoms with Crippen LogP contribution in [0.4, 0.5) is 0 Å². The van der Waals surface area contributed by atoms with Crippen molar-refractivity contribution in [3.05, 3.63) is 181 Å². The third-order valence-electron chi connectivity index (χ3n) is 9.97. The Balaban J connectivity index is 1.10. The van der Waals surface area contributed by atoms with E-state index in [1.54, 1.807) is 0 Å². The zero-order valence-corrected chi connectivity index (χ0v) is 28.1. The van der Waals surface area contributed by atoms with Crippen LogP contribution >= 0.6 is 0 Å². The van der Waals surface area contributed by atoms with E-state index in [0.717, 1.165) is 44.3 Å². The van der Waals surface area contributed by atoms with Crippen LogP contribution in [0.3, 0.4) is 0 Å². The number of dihydropyridines is 1. The van der Waals surface area contributed by atoms with Gasteiger partial charge in [-0.25, -0.2) is 15.0 Å². The molecule has 1 aliphatic carbocycles. The summed E-state index contributed by atoms with van der Waals surface area (Å²) in [6.45, 7) is 2.20. The minimum Gasteiger partial charge on any atom is -0.281 e. The highest BCUT2D eigenvalue weighted by atomic mass is 15.0. The number of rotatable bonds is 6. The molecule has 0 spiro atoms. The highest BCUT2D eigenvalue weighted by Crippen LogP contribution is 2.43. The van der Waals surface area contributed by atoms with Crippen molar-refractivity contribution in [2.75, 3.05) is 0 Å². The number of para-hydroxylation sites is 1. The largest absolute Gasteiger partial charge is 0.281 e. The van der Waals surface area contributed by atoms with Crippen molar-refractivity contribution in [1.29, 1.82) is 0 Å². The molecular formula is C46H33N5. The molecule has 3 heterocycles. The summed E-state index contributed by atoms with van der Waals surface area (Å²) in [5.74, 6) is 1.99. The van der Waals surface area contributed by atoms with E-state index in [0.29, 0.717) is 17.5 Å². The van der Waals surface area contributed by atoms with E-state index in [1.165, 1.54) is 16.7 Å². The zero-order chi connectivity index (χ0) is 34.2. The van der Waals surface area contributed by atoms with E-state index in [-0.39, 0.29) is 11.5 Å². The average Bonchev–Trinajstić information content (AvgIpc) is 3.20. The second-order valence-corrected chi connectivity index (χ2v) is 13.1. The van der Waals surface area contributed by atoms with E-state index in [2.05, 4.69) is 158 Å². The SMILES string of the molecule is CC12N=CC=CC1=CC=CC2c1ccc(-c2nc(-c3ccc(-c4ccccc4)cc3)nc(-c3ccc(-c4cccc5cccnc45)cc3)n2)cc1. The Morgan fingerprint density at radius 2 is 1.12 bits per heavy atom. The van der Waals surface area contributed by atoms with Gasteiger partial charge in [0, 0.05) is 46.0 Å². The van der Waals surface area contributed by atoms with Gasteiger partial charge in [0.25, 0.3) is 0 Å². The Bertz CT molecular complexity index is 2510. The van der Waals surface area contributed by atoms with Crippen LogP contribution in [0.15, 0.2) is 181 Å². The molecule has 0 saturated carbocycles. The molecular weight excluding hydrogens is 623 g/mol. The predicted molar refractivity (Wildman–Crippen MR) is 208 cm³/mol. The summed E-state index contributed by atoms with van der Waals surface area (Å²) < 4.78 is 0. The van der Waals surface area contributed by atoms with Crippen molar-refractivity contribution < 1.29 is 0 Å². The number of pyridine rings is 1. The standard InChI is InChI=1S/C46H33N5/c1-46-39(14-8-30-48-46)13-6-16-41(46)34-21-27-38(28-22-34)45-50-43(36-23-17-32(18-24-36)31-9-3-2-4-10-31)49-44(51-45)37-25-19-33(20-26-37)40-15-5-11-35-12-7-29-47-42(35)40/h2-30,41H,1H3. The summed E-state index contributed by atoms with van der Waals surface area (Å²) in [7, 11) is 0. The van der Waals surface area contributed by atoms with Crippen molar-refractivity contribution in [3.63, 3.8) is 0 Å². The van der Waals surface area contributed by atoms with Gasteiger partial charge in [0.15, 0.2) is 17.5 Å². The van der Waals surface area contributed by atoms with Gasteiger partial charge >= 0.3 is 0 Å². The van der Waals surface area contributed by atoms with Crippen molar-refractivity contribution in [2.45, 2.75) is 18.4 Å². The molecule has 2 unspecified atom stereocenters. The summed E-state index contributed by atoms with van der Waals surface area (Å²) in [5, 5.41) is 1.11. The minimum atomic E-state index is -0.335. The maximum atomic E-state index is 5.05. The molecule has 0 fully saturated rings. The van der Waals surface area contributed by atoms with Crippen LogP contribution in [0, 0.1) is 0 Å². The lowest BCUT2D eigenvalue weighted by atomic mass is 9.72. The van der Waals surface area contributed by atoms with Gasteiger partial charge in [-0.05, 0) is 46.9 Å². The number of aliphatic imine (C=N–C) groups is 1. The molecule has 1 aliphatic heterocycles. The van der Waals surface area contributed by atoms with E-state index < -0.39 is 0 Å². The smallest absolute Gasteiger partial charge is 0.164 e. The molecule has 9 rings (SSSR count). The Kier molecular flexibility index (Phi) is 7.59. The summed E-state index contributed by atoms with van der Waals surface area (Å²) in [6.07, 6.45) is 14.4. The number of benzene rings is 5. The van der Waals surface area contributed by atoms with Crippen molar-refractivity contribution >= 4 is 17.1 Å². The van der Waals surface area contributed by atoms with Crippen molar-refractivity contribution in [2.24, 2.45) is 4.99 Å². The van der Waals surface area contributed by atoms with Gasteiger partial charge < -0.3 is 0 Å². The maximum absolute atomic E-state index is 5.05. The van der Waals surface area contributed by atoms with Gasteiger partial charge in [-0.15, -0.1) is 0 Å². The normalized spacial score (nSPS) is 17.7. The summed E-state index contributed by atoms with van der Waals surface area (Å²) >= 11 is 0. The molecule has 0 saturated heterocycles. The van der Waals surface area contributed by atoms with Crippen molar-refractivity contribution in [3.8, 4) is 56.4 Å². The lowest BCUT2D eigenvalue weighted by Crippen LogP contribution is -2.34. The number of nitrogens with zero attached hydrogens (tertiary/aromatic N) is 5. The molecule has 242 valence electrons. The van der Waals surface area contributed by atoms with Gasteiger partial charge in [0.1, 0.15) is 0 Å². The topological polar surface area (TPSA) is 63.9 Å². The molecule has 5 heteroatoms. The van der Waals surface area contributed by atoms with E-state index >= 15 is 0 Å². The third-order valence-corrected chi connectivity index (χ3v) is 9.97. The fraction of sp³-hybridized carbons (Fsp3) is 0.0652. The molecule has 2 aromatic heterocycles. The fourth-order valence-electron chi connectivity index (χ4n) is 7.15. The lowest BCUT2D eigenvalue weighted by Gasteiger charge is -2.37. The van der Waals surface area contributed by atoms with Crippen LogP contribution in [0.2, 0.25) is 0 Å². The molecule has 2 atom stereocenters. The van der Waals surface area contributed by atoms with Crippen LogP contribution in [0.1, 0.15) is 18.4 Å². The molecule has 2 aliphatic rings. The van der Waals surface area contributed by atoms with Crippen LogP contribution in [-0.2, 0) is 0 Å². The molecule has 0 radical (unpaired) electrons. The minimum absolute atomic E-state index is 0.121. The van der Waals surface area contributed by atoms with Crippen LogP contribution < -0.4 is 0 Å². The number of hydrogen-bond donors (Lipinski definition) is 0. The van der Waals surface area contributed by atoms with Crippen molar-refractivity contribution in [1.82, 2.24) is 19.9 Å². The zero-order valence-electron chi connectivity index (χ0n) is 28.1. The summed E-state index contributed by atoms with van der Waals surface area (Å²) in [5.41, 5.74) is 10.3. The number of hydrogen-bond acceptors (Lipinski definition) is 5. The lowest BCUT2D eigenvalue weighted by molar-refractivity contribution is 0.502. The van der Waals surface area contributed by atoms with Crippen LogP contribution in [0.25, 0.3) is 67.3 Å². The maximum Gasteiger partial charge on any atom is 0.164 e. The van der Waals surface area contributed by atoms with Crippen LogP contribution in [0.5, 0.6) is 0 Å². The molecule has 0 bridgehead atoms. The Morgan fingerprint density at radius 3 is 1.80 bits per heavy atom. The first-order valence-electron chi connectivity index (χ1n) is 17.2. The van der Waals surface area contributed by atoms with Gasteiger partial charge in [0.2, 0.25) is 0 Å². The highest BCUT2D eigenvalue weighted by Gasteiger charge is 2.38. The molecule has 5 nitrogen and oxygen atoms in total. The summed E-state index contributed by atoms with van der Waals surface area (Å²) in [6, 6.07) is 46.2. The molecule has 5 aromatic carbocycles. The number of fused-ring (bicyclic) bond motifs is 2. The molecule has 7 aromatic rings. The quantitative estimate of drug-likeness (QED) is 0.179. The fourth-order valence-corrected chi connectivity index (χ4v) is 7.15. The first kappa shape index (κ1) is 30.5. The van der Waals surface area contributed by atoms with Gasteiger partial charge in [0.05, 0.1) is 11.1 Å². The number of aromatic nitrogens is 4. The molecule has 51 heavy (non-hydrogen) atoms. The summed E-state index contributed by atoms with van der Waals surface area (Å²) in [4.78, 5) is 24.7. The predicted octanol–water partition coefficient (Wildman–Crippen LogP) is 10.7. The monoisotopic (exact) mass is 655 g/mol. The first-order chi connectivity index (χ1) is 25.1. The molecule has 0 amide bonds. The highest BCUT2D eigenvalue weighted by molar-refractivity contribution is 5.93. The molecule has 0 N–H and O–H groups in total. The van der Waals surface area contributed by atoms with Gasteiger partial charge in [-0.1, -0.05) is 152 Å². The second-order valence-electron chi connectivity index (χ2n) is 13.1. The Morgan fingerprint density at radius 1 is 0.529 bits per heavy atom. The second kappa shape index (κ2) is 12.7.